The molecule has 2 aromatic carbocycles. The molecule has 4 aromatic rings. The van der Waals surface area contributed by atoms with E-state index in [1.165, 1.54) is 115 Å². The molecule has 12 bridgehead atoms. The summed E-state index contributed by atoms with van der Waals surface area (Å²) in [6, 6.07) is 17.5. The van der Waals surface area contributed by atoms with Crippen molar-refractivity contribution in [3.05, 3.63) is 117 Å². The fraction of sp³-hybridized carbons (Fsp3) is 0.691. The van der Waals surface area contributed by atoms with Crippen LogP contribution in [-0.2, 0) is 14.4 Å². The van der Waals surface area contributed by atoms with E-state index in [2.05, 4.69) is 106 Å². The maximum Gasteiger partial charge on any atom is 0.165 e. The van der Waals surface area contributed by atoms with Gasteiger partial charge in [-0.3, -0.25) is 19.2 Å². The minimum atomic E-state index is 0.136. The Morgan fingerprint density at radius 3 is 1.18 bits per heavy atom. The monoisotopic (exact) mass is 1430 g/mol. The van der Waals surface area contributed by atoms with Gasteiger partial charge in [-0.2, -0.15) is 0 Å². The number of carbonyl (C=O) groups is 5. The van der Waals surface area contributed by atoms with Crippen LogP contribution < -0.4 is 5.73 Å². The predicted molar refractivity (Wildman–Crippen MR) is 428 cm³/mol. The lowest BCUT2D eigenvalue weighted by atomic mass is 9.48. The van der Waals surface area contributed by atoms with E-state index < -0.39 is 0 Å². The quantitative estimate of drug-likeness (QED) is 0.0509. The standard InChI is InChI=1S/C53H75N3O2.C29H39N3O2.C12H18O/c1-35-21-36(2)46(50(58)22-35)9-10-49(57)51-38(4)56(48-8-6-5-7-47(48)51)37(3)45-11-15-54(16-12-45)19-20-55(17-13-52-29-39-23-40(30-52)25-41(24-39)31-52)18-14-53-32-42-26-43(33-53)28-44(27-42)34-53;1-19-17-20(2)24(28(34)18-19)9-10-27(33)29-22(4)32(26-8-6-5-7-25(26)29)21(3)23-11-14-31(15-12-23)16-13-30;13-2-1-12-6-9-3-10(7-12)5-11(4-9)8-12/h5-8,21,37,39-45H,9-20,22-34H2,1-4H3;5-8,17,21,23H,9-16,18,30H2,1-4H3;2,9-11H,1,3-8H2/t37-,39?,40?,41?,42?,43?,44?,52?,53?;21-;/m00./s1. The SMILES string of the molecule is CC1=CC(C)=C(CCC(=O)c2c(C)n([C@@H](C)C3CCN(CCN(CCC45CC6CC(CC(C6)C4)C5)CCC45CC6CC(CC(C6)C4)C5)CC3)c3ccccc23)C(=O)C1.CC1=CC(C)=C(CCC(=O)c2c(C)n([C@@H](C)C3CCN(CCN)CC3)c3ccccc23)C(=O)C1.O=CCC12CC3CC(CC(C3)C1)C2. The van der Waals surface area contributed by atoms with Crippen molar-refractivity contribution in [3.63, 3.8) is 0 Å². The fourth-order valence-electron chi connectivity index (χ4n) is 27.4. The van der Waals surface area contributed by atoms with Crippen LogP contribution in [0, 0.1) is 95.2 Å². The summed E-state index contributed by atoms with van der Waals surface area (Å²) in [6.07, 6.45) is 43.9. The number of aldehydes is 1. The first-order chi connectivity index (χ1) is 50.6. The van der Waals surface area contributed by atoms with Crippen molar-refractivity contribution >= 4 is 51.2 Å². The molecule has 11 nitrogen and oxygen atoms in total. The summed E-state index contributed by atoms with van der Waals surface area (Å²) in [4.78, 5) is 71.9. The average molecular weight is 1430 g/mol. The summed E-state index contributed by atoms with van der Waals surface area (Å²) in [6.45, 7) is 28.4. The number of Topliss-reactive ketones (excluding diaryl/α,β-unsaturated/α-hetero) is 4. The van der Waals surface area contributed by atoms with E-state index in [9.17, 15) is 24.0 Å². The number of rotatable bonds is 25. The molecular weight excluding hydrogens is 1290 g/mol. The maximum absolute atomic E-state index is 14.0. The smallest absolute Gasteiger partial charge is 0.165 e. The number of aromatic nitrogens is 2. The van der Waals surface area contributed by atoms with Gasteiger partial charge in [0.25, 0.3) is 0 Å². The van der Waals surface area contributed by atoms with Crippen LogP contribution in [0.15, 0.2) is 94.1 Å². The Kier molecular flexibility index (Phi) is 22.6. The number of likely N-dealkylation sites (tertiary alicyclic amines) is 2. The van der Waals surface area contributed by atoms with Crippen molar-refractivity contribution in [2.24, 2.45) is 87.1 Å². The zero-order valence-corrected chi connectivity index (χ0v) is 66.2. The molecule has 2 aliphatic heterocycles. The molecule has 20 rings (SSSR count). The van der Waals surface area contributed by atoms with E-state index in [1.807, 2.05) is 33.8 Å². The fourth-order valence-corrected chi connectivity index (χ4v) is 27.4. The van der Waals surface area contributed by atoms with Gasteiger partial charge in [0.15, 0.2) is 23.1 Å². The molecule has 2 aromatic heterocycles. The first kappa shape index (κ1) is 75.1. The summed E-state index contributed by atoms with van der Waals surface area (Å²) in [7, 11) is 0. The molecule has 0 spiro atoms. The van der Waals surface area contributed by atoms with Crippen molar-refractivity contribution in [3.8, 4) is 0 Å². The van der Waals surface area contributed by atoms with E-state index in [0.29, 0.717) is 85.2 Å². The molecule has 11 heteroatoms. The Morgan fingerprint density at radius 1 is 0.495 bits per heavy atom. The van der Waals surface area contributed by atoms with Crippen molar-refractivity contribution in [1.29, 1.82) is 0 Å². The number of nitrogens with zero attached hydrogens (tertiary/aromatic N) is 5. The highest BCUT2D eigenvalue weighted by molar-refractivity contribution is 6.11. The molecule has 12 saturated carbocycles. The normalized spacial score (nSPS) is 32.1. The summed E-state index contributed by atoms with van der Waals surface area (Å²) in [5.74, 6) is 11.1. The first-order valence-electron chi connectivity index (χ1n) is 43.0. The van der Waals surface area contributed by atoms with Crippen LogP contribution in [0.5, 0.6) is 0 Å². The Balaban J connectivity index is 0.000000157. The van der Waals surface area contributed by atoms with Crippen LogP contribution >= 0.6 is 0 Å². The van der Waals surface area contributed by atoms with Gasteiger partial charge in [0.1, 0.15) is 6.29 Å². The van der Waals surface area contributed by atoms with E-state index in [4.69, 9.17) is 5.73 Å². The molecule has 0 radical (unpaired) electrons. The zero-order valence-electron chi connectivity index (χ0n) is 66.2. The second-order valence-electron chi connectivity index (χ2n) is 38.6. The maximum atomic E-state index is 14.0. The van der Waals surface area contributed by atoms with Crippen LogP contribution in [0.3, 0.4) is 0 Å². The van der Waals surface area contributed by atoms with Gasteiger partial charge in [-0.05, 0) is 377 Å². The number of hydrogen-bond acceptors (Lipinski definition) is 9. The lowest BCUT2D eigenvalue weighted by Crippen LogP contribution is -2.49. The van der Waals surface area contributed by atoms with Crippen molar-refractivity contribution in [2.75, 3.05) is 65.4 Å². The molecule has 14 fully saturated rings. The second-order valence-corrected chi connectivity index (χ2v) is 38.6. The van der Waals surface area contributed by atoms with E-state index in [0.717, 1.165) is 164 Å². The second kappa shape index (κ2) is 31.6. The number of ketones is 4. The van der Waals surface area contributed by atoms with Gasteiger partial charge >= 0.3 is 0 Å². The average Bonchev–Trinajstić information content (AvgIpc) is 1.67. The molecule has 568 valence electrons. The largest absolute Gasteiger partial charge is 0.341 e. The molecule has 4 heterocycles. The van der Waals surface area contributed by atoms with Gasteiger partial charge in [0.05, 0.1) is 0 Å². The molecule has 2 atom stereocenters. The number of nitrogens with two attached hydrogens (primary N) is 1. The highest BCUT2D eigenvalue weighted by atomic mass is 16.1. The van der Waals surface area contributed by atoms with Gasteiger partial charge in [0, 0.05) is 115 Å². The summed E-state index contributed by atoms with van der Waals surface area (Å²) in [5.41, 5.74) is 19.7. The molecule has 105 heavy (non-hydrogen) atoms. The van der Waals surface area contributed by atoms with Crippen LogP contribution in [0.2, 0.25) is 0 Å². The zero-order chi connectivity index (χ0) is 73.1. The minimum absolute atomic E-state index is 0.136. The summed E-state index contributed by atoms with van der Waals surface area (Å²) >= 11 is 0. The number of carbonyl (C=O) groups excluding carboxylic acids is 5. The van der Waals surface area contributed by atoms with Gasteiger partial charge in [0.2, 0.25) is 0 Å². The predicted octanol–water partition coefficient (Wildman–Crippen LogP) is 20.1. The van der Waals surface area contributed by atoms with Crippen LogP contribution in [-0.4, -0.2) is 119 Å². The molecule has 2 N–H and O–H groups in total. The Morgan fingerprint density at radius 2 is 0.838 bits per heavy atom. The minimum Gasteiger partial charge on any atom is -0.341 e. The Bertz CT molecular complexity index is 3860. The first-order valence-corrected chi connectivity index (χ1v) is 43.0. The third-order valence-electron chi connectivity index (χ3n) is 31.1. The molecule has 2 saturated heterocycles. The van der Waals surface area contributed by atoms with E-state index in [1.54, 1.807) is 77.0 Å². The third-order valence-corrected chi connectivity index (χ3v) is 31.1. The number of hydrogen-bond donors (Lipinski definition) is 1. The van der Waals surface area contributed by atoms with Crippen molar-refractivity contribution in [1.82, 2.24) is 23.8 Å². The van der Waals surface area contributed by atoms with Crippen LogP contribution in [0.4, 0.5) is 0 Å². The van der Waals surface area contributed by atoms with E-state index in [-0.39, 0.29) is 23.1 Å². The molecule has 0 amide bonds. The van der Waals surface area contributed by atoms with Crippen LogP contribution in [0.1, 0.15) is 285 Å². The highest BCUT2D eigenvalue weighted by Gasteiger charge is 2.53. The topological polar surface area (TPSA) is 131 Å². The number of fused-ring (bicyclic) bond motifs is 2. The lowest BCUT2D eigenvalue weighted by Gasteiger charge is -2.58. The lowest BCUT2D eigenvalue weighted by molar-refractivity contribution is -0.116. The molecular formula is C94H132N6O5. The van der Waals surface area contributed by atoms with Gasteiger partial charge < -0.3 is 34.4 Å². The Hall–Kier alpha value is -5.33. The number of piperidine rings is 2. The van der Waals surface area contributed by atoms with Gasteiger partial charge in [-0.15, -0.1) is 0 Å². The van der Waals surface area contributed by atoms with E-state index >= 15 is 0 Å². The summed E-state index contributed by atoms with van der Waals surface area (Å²) < 4.78 is 4.90. The van der Waals surface area contributed by atoms with Crippen molar-refractivity contribution < 1.29 is 24.0 Å². The number of para-hydroxylation sites is 2. The third kappa shape index (κ3) is 16.1. The van der Waals surface area contributed by atoms with Gasteiger partial charge in [-0.25, -0.2) is 0 Å². The molecule has 0 unspecified atom stereocenters. The highest BCUT2D eigenvalue weighted by Crippen LogP contribution is 2.64. The van der Waals surface area contributed by atoms with Crippen molar-refractivity contribution in [2.45, 2.75) is 267 Å². The van der Waals surface area contributed by atoms with Crippen LogP contribution in [0.25, 0.3) is 21.8 Å². The molecule has 16 aliphatic rings. The number of benzene rings is 2. The number of allylic oxidation sites excluding steroid dienone is 8. The Labute approximate surface area is 631 Å². The molecule has 14 aliphatic carbocycles. The van der Waals surface area contributed by atoms with Gasteiger partial charge in [-0.1, -0.05) is 59.7 Å². The summed E-state index contributed by atoms with van der Waals surface area (Å²) in [5, 5.41) is 2.11.